The van der Waals surface area contributed by atoms with E-state index in [9.17, 15) is 16.8 Å². The molecule has 1 aromatic rings. The van der Waals surface area contributed by atoms with Gasteiger partial charge in [-0.2, -0.15) is 16.8 Å². The fourth-order valence-electron chi connectivity index (χ4n) is 1.34. The van der Waals surface area contributed by atoms with E-state index in [1.54, 1.807) is 0 Å². The fraction of sp³-hybridized carbons (Fsp3) is 0.250. The van der Waals surface area contributed by atoms with E-state index in [0.29, 0.717) is 4.31 Å². The van der Waals surface area contributed by atoms with Gasteiger partial charge in [-0.05, 0) is 19.1 Å². The van der Waals surface area contributed by atoms with Crippen molar-refractivity contribution in [2.24, 2.45) is 0 Å². The van der Waals surface area contributed by atoms with Crippen LogP contribution in [0.15, 0.2) is 29.2 Å². The molecular weight excluding hydrogens is 270 g/mol. The quantitative estimate of drug-likeness (QED) is 0.780. The van der Waals surface area contributed by atoms with Gasteiger partial charge in [-0.1, -0.05) is 12.1 Å². The maximum atomic E-state index is 11.1. The van der Waals surface area contributed by atoms with Crippen molar-refractivity contribution < 1.29 is 25.9 Å². The van der Waals surface area contributed by atoms with Gasteiger partial charge in [-0.3, -0.25) is 9.11 Å². The minimum Gasteiger partial charge on any atom is -0.282 e. The highest BCUT2D eigenvalue weighted by atomic mass is 32.2. The summed E-state index contributed by atoms with van der Waals surface area (Å²) in [6, 6.07) is 4.92. The molecule has 7 nitrogen and oxygen atoms in total. The summed E-state index contributed by atoms with van der Waals surface area (Å²) in [4.78, 5) is -0.584. The summed E-state index contributed by atoms with van der Waals surface area (Å²) in [5.41, 5.74) is -0.306. The first-order chi connectivity index (χ1) is 7.68. The highest BCUT2D eigenvalue weighted by Gasteiger charge is 2.24. The summed E-state index contributed by atoms with van der Waals surface area (Å²) >= 11 is 0. The Kier molecular flexibility index (Phi) is 3.77. The first kappa shape index (κ1) is 13.9. The van der Waals surface area contributed by atoms with Crippen LogP contribution in [0.1, 0.15) is 6.92 Å². The fourth-order valence-corrected chi connectivity index (χ4v) is 2.82. The van der Waals surface area contributed by atoms with Gasteiger partial charge in [-0.15, -0.1) is 0 Å². The molecule has 0 saturated heterocycles. The van der Waals surface area contributed by atoms with Crippen LogP contribution in [-0.4, -0.2) is 32.5 Å². The predicted octanol–water partition coefficient (Wildman–Crippen LogP) is 0.562. The largest absolute Gasteiger partial charge is 0.360 e. The van der Waals surface area contributed by atoms with Crippen LogP contribution in [0.25, 0.3) is 0 Å². The van der Waals surface area contributed by atoms with Crippen molar-refractivity contribution in [2.45, 2.75) is 11.8 Å². The van der Waals surface area contributed by atoms with Gasteiger partial charge >= 0.3 is 10.3 Å². The second-order valence-electron chi connectivity index (χ2n) is 3.09. The number of hydrogen-bond donors (Lipinski definition) is 2. The molecule has 0 fully saturated rings. The zero-order valence-corrected chi connectivity index (χ0v) is 10.4. The molecule has 0 spiro atoms. The van der Waals surface area contributed by atoms with Crippen molar-refractivity contribution in [1.82, 2.24) is 0 Å². The highest BCUT2D eigenvalue weighted by molar-refractivity contribution is 7.88. The third-order valence-corrected chi connectivity index (χ3v) is 3.89. The molecular formula is C8H11NO6S2. The second-order valence-corrected chi connectivity index (χ2v) is 5.81. The van der Waals surface area contributed by atoms with Crippen molar-refractivity contribution in [3.05, 3.63) is 24.3 Å². The van der Waals surface area contributed by atoms with Crippen LogP contribution in [0.5, 0.6) is 0 Å². The molecule has 0 heterocycles. The summed E-state index contributed by atoms with van der Waals surface area (Å²) < 4.78 is 62.6. The van der Waals surface area contributed by atoms with E-state index in [4.69, 9.17) is 9.11 Å². The normalized spacial score (nSPS) is 12.4. The molecule has 0 aromatic heterocycles. The van der Waals surface area contributed by atoms with E-state index in [2.05, 4.69) is 0 Å². The average Bonchev–Trinajstić information content (AvgIpc) is 2.15. The smallest absolute Gasteiger partial charge is 0.282 e. The number of nitrogens with zero attached hydrogens (tertiary/aromatic N) is 1. The molecule has 0 radical (unpaired) electrons. The number of para-hydroxylation sites is 1. The molecule has 0 saturated carbocycles. The van der Waals surface area contributed by atoms with E-state index in [1.807, 2.05) is 0 Å². The molecule has 96 valence electrons. The Bertz CT molecular complexity index is 607. The van der Waals surface area contributed by atoms with Gasteiger partial charge in [0, 0.05) is 6.54 Å². The lowest BCUT2D eigenvalue weighted by Crippen LogP contribution is -2.31. The minimum atomic E-state index is -4.59. The SMILES string of the molecule is CCN(c1ccccc1S(=O)(=O)O)S(=O)(=O)O. The Balaban J connectivity index is 3.52. The molecule has 0 atom stereocenters. The number of anilines is 1. The maximum Gasteiger partial charge on any atom is 0.360 e. The first-order valence-electron chi connectivity index (χ1n) is 4.49. The molecule has 1 aromatic carbocycles. The van der Waals surface area contributed by atoms with Gasteiger partial charge in [-0.25, -0.2) is 4.31 Å². The van der Waals surface area contributed by atoms with Crippen LogP contribution in [0.3, 0.4) is 0 Å². The third kappa shape index (κ3) is 3.16. The predicted molar refractivity (Wildman–Crippen MR) is 60.8 cm³/mol. The summed E-state index contributed by atoms with van der Waals surface area (Å²) in [7, 11) is -9.16. The topological polar surface area (TPSA) is 112 Å². The molecule has 2 N–H and O–H groups in total. The van der Waals surface area contributed by atoms with Crippen LogP contribution in [0, 0.1) is 0 Å². The van der Waals surface area contributed by atoms with Gasteiger partial charge in [0.1, 0.15) is 4.90 Å². The molecule has 0 aliphatic carbocycles. The third-order valence-electron chi connectivity index (χ3n) is 1.98. The van der Waals surface area contributed by atoms with Crippen molar-refractivity contribution in [3.63, 3.8) is 0 Å². The molecule has 0 bridgehead atoms. The van der Waals surface area contributed by atoms with Gasteiger partial charge in [0.05, 0.1) is 5.69 Å². The van der Waals surface area contributed by atoms with Crippen LogP contribution >= 0.6 is 0 Å². The van der Waals surface area contributed by atoms with Gasteiger partial charge in [0.15, 0.2) is 0 Å². The van der Waals surface area contributed by atoms with E-state index in [1.165, 1.54) is 25.1 Å². The Morgan fingerprint density at radius 3 is 2.06 bits per heavy atom. The highest BCUT2D eigenvalue weighted by Crippen LogP contribution is 2.26. The van der Waals surface area contributed by atoms with Crippen molar-refractivity contribution >= 4 is 26.1 Å². The lowest BCUT2D eigenvalue weighted by Gasteiger charge is -2.20. The monoisotopic (exact) mass is 281 g/mol. The Hall–Kier alpha value is -1.16. The zero-order chi connectivity index (χ0) is 13.3. The molecule has 0 aliphatic rings. The van der Waals surface area contributed by atoms with E-state index in [0.717, 1.165) is 6.07 Å². The van der Waals surface area contributed by atoms with Gasteiger partial charge in [0.2, 0.25) is 0 Å². The molecule has 1 rings (SSSR count). The summed E-state index contributed by atoms with van der Waals surface area (Å²) in [6.07, 6.45) is 0. The van der Waals surface area contributed by atoms with E-state index >= 15 is 0 Å². The average molecular weight is 281 g/mol. The molecule has 0 aliphatic heterocycles. The number of benzene rings is 1. The minimum absolute atomic E-state index is 0.175. The van der Waals surface area contributed by atoms with Crippen LogP contribution < -0.4 is 4.31 Å². The first-order valence-corrected chi connectivity index (χ1v) is 7.33. The molecule has 0 unspecified atom stereocenters. The second kappa shape index (κ2) is 4.61. The zero-order valence-electron chi connectivity index (χ0n) is 8.81. The lowest BCUT2D eigenvalue weighted by molar-refractivity contribution is 0.477. The summed E-state index contributed by atoms with van der Waals surface area (Å²) in [5.74, 6) is 0. The van der Waals surface area contributed by atoms with Crippen LogP contribution in [0.4, 0.5) is 5.69 Å². The van der Waals surface area contributed by atoms with Crippen molar-refractivity contribution in [1.29, 1.82) is 0 Å². The Labute approximate surface area is 99.3 Å². The van der Waals surface area contributed by atoms with Gasteiger partial charge in [0.25, 0.3) is 10.1 Å². The maximum absolute atomic E-state index is 11.1. The van der Waals surface area contributed by atoms with Crippen molar-refractivity contribution in [3.8, 4) is 0 Å². The Morgan fingerprint density at radius 1 is 1.12 bits per heavy atom. The van der Waals surface area contributed by atoms with E-state index in [-0.39, 0.29) is 12.2 Å². The van der Waals surface area contributed by atoms with E-state index < -0.39 is 25.3 Å². The lowest BCUT2D eigenvalue weighted by atomic mass is 10.3. The number of hydrogen-bond acceptors (Lipinski definition) is 4. The van der Waals surface area contributed by atoms with Crippen LogP contribution in [-0.2, 0) is 20.4 Å². The van der Waals surface area contributed by atoms with Crippen molar-refractivity contribution in [2.75, 3.05) is 10.8 Å². The van der Waals surface area contributed by atoms with Crippen LogP contribution in [0.2, 0.25) is 0 Å². The molecule has 9 heteroatoms. The molecule has 17 heavy (non-hydrogen) atoms. The standard InChI is InChI=1S/C8H11NO6S2/c1-2-9(17(13,14)15)7-5-3-4-6-8(7)16(10,11)12/h3-6H,2H2,1H3,(H,10,11,12)(H,13,14,15). The van der Waals surface area contributed by atoms with Gasteiger partial charge < -0.3 is 0 Å². The summed E-state index contributed by atoms with van der Waals surface area (Å²) in [6.45, 7) is 1.24. The summed E-state index contributed by atoms with van der Waals surface area (Å²) in [5, 5.41) is 0. The molecule has 0 amide bonds. The number of rotatable bonds is 4. The Morgan fingerprint density at radius 2 is 1.65 bits per heavy atom.